The third kappa shape index (κ3) is 4.00. The van der Waals surface area contributed by atoms with Crippen molar-refractivity contribution in [2.75, 3.05) is 12.5 Å². The quantitative estimate of drug-likeness (QED) is 0.438. The van der Waals surface area contributed by atoms with Gasteiger partial charge in [-0.3, -0.25) is 0 Å². The number of rotatable bonds is 7. The maximum atomic E-state index is 11.7. The smallest absolute Gasteiger partial charge is 0.379 e. The Morgan fingerprint density at radius 2 is 1.89 bits per heavy atom. The van der Waals surface area contributed by atoms with E-state index in [0.717, 1.165) is 31.1 Å². The molecule has 0 aliphatic rings. The molecule has 0 N–H and O–H groups in total. The van der Waals surface area contributed by atoms with Crippen LogP contribution >= 0.6 is 11.6 Å². The number of para-hydroxylation sites is 1. The van der Waals surface area contributed by atoms with Crippen molar-refractivity contribution < 1.29 is 9.15 Å². The van der Waals surface area contributed by atoms with E-state index in [4.69, 9.17) is 20.8 Å². The Labute approximate surface area is 117 Å². The van der Waals surface area contributed by atoms with Gasteiger partial charge in [-0.1, -0.05) is 31.0 Å². The van der Waals surface area contributed by atoms with Gasteiger partial charge in [0.1, 0.15) is 5.58 Å². The van der Waals surface area contributed by atoms with Gasteiger partial charge in [-0.25, -0.2) is 4.79 Å². The van der Waals surface area contributed by atoms with Crippen LogP contribution in [-0.2, 0) is 0 Å². The van der Waals surface area contributed by atoms with Crippen LogP contribution in [0.25, 0.3) is 11.0 Å². The average molecular weight is 281 g/mol. The second-order valence-electron chi connectivity index (χ2n) is 4.39. The Kier molecular flexibility index (Phi) is 5.28. The monoisotopic (exact) mass is 280 g/mol. The molecule has 0 aliphatic carbocycles. The van der Waals surface area contributed by atoms with Crippen LogP contribution in [0.4, 0.5) is 0 Å². The fraction of sp³-hybridized carbons (Fsp3) is 0.400. The highest BCUT2D eigenvalue weighted by molar-refractivity contribution is 6.17. The molecule has 0 unspecified atom stereocenters. The van der Waals surface area contributed by atoms with Crippen LogP contribution in [0.2, 0.25) is 0 Å². The summed E-state index contributed by atoms with van der Waals surface area (Å²) in [6.45, 7) is 0.533. The molecule has 19 heavy (non-hydrogen) atoms. The molecule has 2 rings (SSSR count). The van der Waals surface area contributed by atoms with E-state index in [2.05, 4.69) is 0 Å². The van der Waals surface area contributed by atoms with E-state index in [1.165, 1.54) is 0 Å². The van der Waals surface area contributed by atoms with E-state index < -0.39 is 5.63 Å². The summed E-state index contributed by atoms with van der Waals surface area (Å²) >= 11 is 5.60. The topological polar surface area (TPSA) is 39.4 Å². The van der Waals surface area contributed by atoms with Crippen molar-refractivity contribution in [2.24, 2.45) is 0 Å². The second kappa shape index (κ2) is 7.19. The van der Waals surface area contributed by atoms with Gasteiger partial charge in [-0.15, -0.1) is 11.6 Å². The Balaban J connectivity index is 1.93. The van der Waals surface area contributed by atoms with Crippen molar-refractivity contribution in [2.45, 2.75) is 25.7 Å². The van der Waals surface area contributed by atoms with Gasteiger partial charge in [0, 0.05) is 11.3 Å². The summed E-state index contributed by atoms with van der Waals surface area (Å²) in [5, 5.41) is 0.874. The lowest BCUT2D eigenvalue weighted by molar-refractivity contribution is 0.291. The molecule has 0 amide bonds. The molecule has 1 heterocycles. The minimum atomic E-state index is -0.417. The molecule has 0 atom stereocenters. The van der Waals surface area contributed by atoms with Crippen LogP contribution in [0.3, 0.4) is 0 Å². The summed E-state index contributed by atoms with van der Waals surface area (Å²) in [4.78, 5) is 11.7. The lowest BCUT2D eigenvalue weighted by Crippen LogP contribution is -2.07. The Morgan fingerprint density at radius 1 is 1.11 bits per heavy atom. The van der Waals surface area contributed by atoms with Crippen LogP contribution in [0.5, 0.6) is 5.75 Å². The largest absolute Gasteiger partial charge is 0.487 e. The molecule has 0 fully saturated rings. The first-order valence-corrected chi connectivity index (χ1v) is 7.06. The van der Waals surface area contributed by atoms with Gasteiger partial charge in [-0.2, -0.15) is 0 Å². The van der Waals surface area contributed by atoms with Crippen LogP contribution in [0.15, 0.2) is 39.5 Å². The minimum absolute atomic E-state index is 0.288. The predicted molar refractivity (Wildman–Crippen MR) is 77.2 cm³/mol. The summed E-state index contributed by atoms with van der Waals surface area (Å²) in [6.07, 6.45) is 4.10. The van der Waals surface area contributed by atoms with Crippen LogP contribution < -0.4 is 10.4 Å². The number of alkyl halides is 1. The van der Waals surface area contributed by atoms with Crippen LogP contribution in [-0.4, -0.2) is 12.5 Å². The van der Waals surface area contributed by atoms with E-state index in [9.17, 15) is 4.79 Å². The molecule has 0 aliphatic heterocycles. The van der Waals surface area contributed by atoms with Crippen molar-refractivity contribution in [1.82, 2.24) is 0 Å². The van der Waals surface area contributed by atoms with Gasteiger partial charge in [0.2, 0.25) is 5.75 Å². The van der Waals surface area contributed by atoms with Crippen molar-refractivity contribution in [1.29, 1.82) is 0 Å². The van der Waals surface area contributed by atoms with Crippen molar-refractivity contribution in [3.8, 4) is 5.75 Å². The summed E-state index contributed by atoms with van der Waals surface area (Å²) in [5.74, 6) is 0.991. The van der Waals surface area contributed by atoms with E-state index in [-0.39, 0.29) is 5.75 Å². The summed E-state index contributed by atoms with van der Waals surface area (Å²) in [7, 11) is 0. The zero-order chi connectivity index (χ0) is 13.5. The van der Waals surface area contributed by atoms with Crippen molar-refractivity contribution >= 4 is 22.6 Å². The molecule has 3 nitrogen and oxygen atoms in total. The molecule has 0 bridgehead atoms. The zero-order valence-corrected chi connectivity index (χ0v) is 11.5. The third-order valence-electron chi connectivity index (χ3n) is 2.89. The Bertz CT molecular complexity index is 577. The highest BCUT2D eigenvalue weighted by Gasteiger charge is 2.05. The van der Waals surface area contributed by atoms with E-state index in [1.54, 1.807) is 12.1 Å². The lowest BCUT2D eigenvalue weighted by Gasteiger charge is -2.05. The molecule has 0 radical (unpaired) electrons. The first-order valence-electron chi connectivity index (χ1n) is 6.53. The molecule has 102 valence electrons. The molecule has 4 heteroatoms. The Hall–Kier alpha value is -1.48. The fourth-order valence-corrected chi connectivity index (χ4v) is 2.06. The first-order chi connectivity index (χ1) is 9.31. The molecule has 1 aromatic heterocycles. The van der Waals surface area contributed by atoms with Crippen LogP contribution in [0, 0.1) is 0 Å². The summed E-state index contributed by atoms with van der Waals surface area (Å²) < 4.78 is 10.7. The number of ether oxygens (including phenoxy) is 1. The molecule has 2 aromatic rings. The fourth-order valence-electron chi connectivity index (χ4n) is 1.88. The van der Waals surface area contributed by atoms with Gasteiger partial charge in [-0.05, 0) is 25.0 Å². The van der Waals surface area contributed by atoms with E-state index >= 15 is 0 Å². The molecule has 0 saturated carbocycles. The highest BCUT2D eigenvalue weighted by Crippen LogP contribution is 2.16. The molecule has 0 saturated heterocycles. The normalized spacial score (nSPS) is 10.8. The third-order valence-corrected chi connectivity index (χ3v) is 3.16. The standard InChI is InChI=1S/C15H17ClO3/c16-9-5-1-2-6-10-18-14-11-12-7-3-4-8-13(12)19-15(14)17/h3-4,7-8,11H,1-2,5-6,9-10H2. The molecule has 1 aromatic carbocycles. The number of benzene rings is 1. The van der Waals surface area contributed by atoms with Crippen molar-refractivity contribution in [3.63, 3.8) is 0 Å². The van der Waals surface area contributed by atoms with Crippen LogP contribution in [0.1, 0.15) is 25.7 Å². The molecular weight excluding hydrogens is 264 g/mol. The van der Waals surface area contributed by atoms with Gasteiger partial charge < -0.3 is 9.15 Å². The van der Waals surface area contributed by atoms with Gasteiger partial charge >= 0.3 is 5.63 Å². The number of unbranched alkanes of at least 4 members (excludes halogenated alkanes) is 3. The van der Waals surface area contributed by atoms with Gasteiger partial charge in [0.15, 0.2) is 0 Å². The number of hydrogen-bond donors (Lipinski definition) is 0. The summed E-state index contributed by atoms with van der Waals surface area (Å²) in [5.41, 5.74) is 0.168. The van der Waals surface area contributed by atoms with Crippen molar-refractivity contribution in [3.05, 3.63) is 40.8 Å². The lowest BCUT2D eigenvalue weighted by atomic mass is 10.2. The first kappa shape index (κ1) is 13.9. The SMILES string of the molecule is O=c1oc2ccccc2cc1OCCCCCCCl. The average Bonchev–Trinajstić information content (AvgIpc) is 2.43. The van der Waals surface area contributed by atoms with Gasteiger partial charge in [0.05, 0.1) is 6.61 Å². The maximum absolute atomic E-state index is 11.7. The highest BCUT2D eigenvalue weighted by atomic mass is 35.5. The Morgan fingerprint density at radius 3 is 2.74 bits per heavy atom. The van der Waals surface area contributed by atoms with E-state index in [1.807, 2.05) is 18.2 Å². The van der Waals surface area contributed by atoms with Gasteiger partial charge in [0.25, 0.3) is 0 Å². The maximum Gasteiger partial charge on any atom is 0.379 e. The molecule has 0 spiro atoms. The predicted octanol–water partition coefficient (Wildman–Crippen LogP) is 3.97. The number of fused-ring (bicyclic) bond motifs is 1. The molecular formula is C15H17ClO3. The minimum Gasteiger partial charge on any atom is -0.487 e. The number of hydrogen-bond acceptors (Lipinski definition) is 3. The summed E-state index contributed by atoms with van der Waals surface area (Å²) in [6, 6.07) is 9.14. The second-order valence-corrected chi connectivity index (χ2v) is 4.77. The number of halogens is 1. The van der Waals surface area contributed by atoms with E-state index in [0.29, 0.717) is 18.1 Å². The zero-order valence-electron chi connectivity index (χ0n) is 10.7.